The molecule has 0 aliphatic carbocycles. The first-order valence-corrected chi connectivity index (χ1v) is 7.36. The fourth-order valence-corrected chi connectivity index (χ4v) is 2.96. The van der Waals surface area contributed by atoms with Crippen LogP contribution in [0.5, 0.6) is 0 Å². The highest BCUT2D eigenvalue weighted by atomic mass is 19.1. The highest BCUT2D eigenvalue weighted by molar-refractivity contribution is 5.77. The highest BCUT2D eigenvalue weighted by Crippen LogP contribution is 2.23. The molecule has 20 heavy (non-hydrogen) atoms. The van der Waals surface area contributed by atoms with Crippen molar-refractivity contribution in [1.29, 1.82) is 0 Å². The van der Waals surface area contributed by atoms with Crippen LogP contribution in [0.25, 0.3) is 0 Å². The second-order valence-corrected chi connectivity index (χ2v) is 5.64. The standard InChI is InChI=1S/C16H23FN2O/c1-12-3-2-10-19(15(12)11-18)16(20)9-6-13-4-7-14(17)8-5-13/h4-5,7-8,12,15H,2-3,6,9-11,18H2,1H3. The molecule has 0 spiro atoms. The number of nitrogens with zero attached hydrogens (tertiary/aromatic N) is 1. The molecular formula is C16H23FN2O. The lowest BCUT2D eigenvalue weighted by molar-refractivity contribution is -0.136. The Morgan fingerprint density at radius 1 is 1.40 bits per heavy atom. The van der Waals surface area contributed by atoms with Crippen molar-refractivity contribution >= 4 is 5.91 Å². The summed E-state index contributed by atoms with van der Waals surface area (Å²) in [7, 11) is 0. The molecule has 2 rings (SSSR count). The van der Waals surface area contributed by atoms with Crippen LogP contribution >= 0.6 is 0 Å². The van der Waals surface area contributed by atoms with Gasteiger partial charge in [0, 0.05) is 25.6 Å². The molecule has 1 heterocycles. The van der Waals surface area contributed by atoms with Gasteiger partial charge >= 0.3 is 0 Å². The van der Waals surface area contributed by atoms with Crippen molar-refractivity contribution in [2.75, 3.05) is 13.1 Å². The van der Waals surface area contributed by atoms with Crippen molar-refractivity contribution in [3.8, 4) is 0 Å². The van der Waals surface area contributed by atoms with Crippen LogP contribution in [0.2, 0.25) is 0 Å². The summed E-state index contributed by atoms with van der Waals surface area (Å²) in [5, 5.41) is 0. The predicted octanol–water partition coefficient (Wildman–Crippen LogP) is 2.34. The number of hydrogen-bond acceptors (Lipinski definition) is 2. The molecule has 2 unspecified atom stereocenters. The summed E-state index contributed by atoms with van der Waals surface area (Å²) >= 11 is 0. The van der Waals surface area contributed by atoms with Crippen molar-refractivity contribution < 1.29 is 9.18 Å². The molecule has 0 aromatic heterocycles. The SMILES string of the molecule is CC1CCCN(C(=O)CCc2ccc(F)cc2)C1CN. The zero-order chi connectivity index (χ0) is 14.5. The molecule has 1 aromatic carbocycles. The van der Waals surface area contributed by atoms with E-state index in [1.54, 1.807) is 12.1 Å². The second kappa shape index (κ2) is 6.84. The Hall–Kier alpha value is -1.42. The van der Waals surface area contributed by atoms with Gasteiger partial charge in [0.1, 0.15) is 5.82 Å². The van der Waals surface area contributed by atoms with E-state index in [9.17, 15) is 9.18 Å². The molecule has 1 aliphatic heterocycles. The lowest BCUT2D eigenvalue weighted by atomic mass is 9.90. The number of halogens is 1. The topological polar surface area (TPSA) is 46.3 Å². The van der Waals surface area contributed by atoms with Gasteiger partial charge < -0.3 is 10.6 Å². The van der Waals surface area contributed by atoms with E-state index in [-0.39, 0.29) is 17.8 Å². The summed E-state index contributed by atoms with van der Waals surface area (Å²) in [6, 6.07) is 6.52. The van der Waals surface area contributed by atoms with E-state index in [1.807, 2.05) is 4.90 Å². The average molecular weight is 278 g/mol. The summed E-state index contributed by atoms with van der Waals surface area (Å²) in [4.78, 5) is 14.3. The summed E-state index contributed by atoms with van der Waals surface area (Å²) in [5.41, 5.74) is 6.80. The van der Waals surface area contributed by atoms with E-state index in [2.05, 4.69) is 6.92 Å². The van der Waals surface area contributed by atoms with Crippen LogP contribution in [0, 0.1) is 11.7 Å². The van der Waals surface area contributed by atoms with Gasteiger partial charge in [-0.3, -0.25) is 4.79 Å². The number of rotatable bonds is 4. The number of benzene rings is 1. The zero-order valence-electron chi connectivity index (χ0n) is 12.0. The summed E-state index contributed by atoms with van der Waals surface area (Å²) in [5.74, 6) is 0.396. The first kappa shape index (κ1) is 15.0. The Morgan fingerprint density at radius 3 is 2.75 bits per heavy atom. The van der Waals surface area contributed by atoms with Crippen LogP contribution in [0.3, 0.4) is 0 Å². The third-order valence-corrected chi connectivity index (χ3v) is 4.22. The summed E-state index contributed by atoms with van der Waals surface area (Å²) in [6.07, 6.45) is 3.32. The molecule has 0 bridgehead atoms. The quantitative estimate of drug-likeness (QED) is 0.919. The minimum absolute atomic E-state index is 0.163. The molecular weight excluding hydrogens is 255 g/mol. The van der Waals surface area contributed by atoms with E-state index in [1.165, 1.54) is 12.1 Å². The number of carbonyl (C=O) groups excluding carboxylic acids is 1. The van der Waals surface area contributed by atoms with Gasteiger partial charge in [0.05, 0.1) is 0 Å². The number of nitrogens with two attached hydrogens (primary N) is 1. The maximum Gasteiger partial charge on any atom is 0.223 e. The van der Waals surface area contributed by atoms with E-state index >= 15 is 0 Å². The van der Waals surface area contributed by atoms with Crippen molar-refractivity contribution in [3.63, 3.8) is 0 Å². The molecule has 1 saturated heterocycles. The Bertz CT molecular complexity index is 446. The van der Waals surface area contributed by atoms with Gasteiger partial charge in [0.2, 0.25) is 5.91 Å². The Balaban J connectivity index is 1.92. The zero-order valence-corrected chi connectivity index (χ0v) is 12.0. The molecule has 110 valence electrons. The lowest BCUT2D eigenvalue weighted by Crippen LogP contribution is -2.51. The van der Waals surface area contributed by atoms with E-state index in [4.69, 9.17) is 5.73 Å². The van der Waals surface area contributed by atoms with Crippen molar-refractivity contribution in [2.45, 2.75) is 38.6 Å². The van der Waals surface area contributed by atoms with E-state index in [0.717, 1.165) is 24.9 Å². The van der Waals surface area contributed by atoms with Crippen LogP contribution < -0.4 is 5.73 Å². The molecule has 1 aliphatic rings. The minimum atomic E-state index is -0.242. The normalized spacial score (nSPS) is 22.9. The molecule has 3 nitrogen and oxygen atoms in total. The Labute approximate surface area is 120 Å². The van der Waals surface area contributed by atoms with Crippen LogP contribution in [-0.2, 0) is 11.2 Å². The Morgan fingerprint density at radius 2 is 2.10 bits per heavy atom. The molecule has 0 radical (unpaired) electrons. The highest BCUT2D eigenvalue weighted by Gasteiger charge is 2.30. The smallest absolute Gasteiger partial charge is 0.223 e. The summed E-state index contributed by atoms with van der Waals surface area (Å²) < 4.78 is 12.8. The first-order valence-electron chi connectivity index (χ1n) is 7.36. The van der Waals surface area contributed by atoms with Gasteiger partial charge in [-0.05, 0) is 42.9 Å². The maximum absolute atomic E-state index is 12.8. The van der Waals surface area contributed by atoms with Crippen LogP contribution in [-0.4, -0.2) is 29.9 Å². The number of carbonyl (C=O) groups is 1. The monoisotopic (exact) mass is 278 g/mol. The predicted molar refractivity (Wildman–Crippen MR) is 77.7 cm³/mol. The molecule has 0 saturated carbocycles. The second-order valence-electron chi connectivity index (χ2n) is 5.64. The molecule has 1 aromatic rings. The molecule has 1 fully saturated rings. The van der Waals surface area contributed by atoms with Gasteiger partial charge in [0.25, 0.3) is 0 Å². The van der Waals surface area contributed by atoms with Gasteiger partial charge in [-0.1, -0.05) is 19.1 Å². The van der Waals surface area contributed by atoms with Crippen LogP contribution in [0.4, 0.5) is 4.39 Å². The molecule has 4 heteroatoms. The third-order valence-electron chi connectivity index (χ3n) is 4.22. The lowest BCUT2D eigenvalue weighted by Gasteiger charge is -2.39. The van der Waals surface area contributed by atoms with Crippen LogP contribution in [0.1, 0.15) is 31.7 Å². The number of amides is 1. The fourth-order valence-electron chi connectivity index (χ4n) is 2.96. The minimum Gasteiger partial charge on any atom is -0.338 e. The van der Waals surface area contributed by atoms with Gasteiger partial charge in [-0.25, -0.2) is 4.39 Å². The van der Waals surface area contributed by atoms with Crippen molar-refractivity contribution in [3.05, 3.63) is 35.6 Å². The van der Waals surface area contributed by atoms with Crippen molar-refractivity contribution in [1.82, 2.24) is 4.90 Å². The van der Waals surface area contributed by atoms with Crippen molar-refractivity contribution in [2.24, 2.45) is 11.7 Å². The maximum atomic E-state index is 12.8. The Kier molecular flexibility index (Phi) is 5.12. The molecule has 2 N–H and O–H groups in total. The van der Waals surface area contributed by atoms with E-state index < -0.39 is 0 Å². The fraction of sp³-hybridized carbons (Fsp3) is 0.562. The van der Waals surface area contributed by atoms with Gasteiger partial charge in [0.15, 0.2) is 0 Å². The van der Waals surface area contributed by atoms with Gasteiger partial charge in [-0.15, -0.1) is 0 Å². The molecule has 1 amide bonds. The van der Waals surface area contributed by atoms with Crippen LogP contribution in [0.15, 0.2) is 24.3 Å². The first-order chi connectivity index (χ1) is 9.61. The van der Waals surface area contributed by atoms with Gasteiger partial charge in [-0.2, -0.15) is 0 Å². The van der Waals surface area contributed by atoms with E-state index in [0.29, 0.717) is 25.3 Å². The number of piperidine rings is 1. The molecule has 2 atom stereocenters. The number of hydrogen-bond donors (Lipinski definition) is 1. The largest absolute Gasteiger partial charge is 0.338 e. The third kappa shape index (κ3) is 3.57. The number of likely N-dealkylation sites (tertiary alicyclic amines) is 1. The number of aryl methyl sites for hydroxylation is 1. The average Bonchev–Trinajstić information content (AvgIpc) is 2.46. The summed E-state index contributed by atoms with van der Waals surface area (Å²) in [6.45, 7) is 3.51.